The fraction of sp³-hybridized carbons (Fsp3) is 0.250. The highest BCUT2D eigenvalue weighted by Gasteiger charge is 2.15. The Balaban J connectivity index is 2.49. The molecule has 2 rings (SSSR count). The van der Waals surface area contributed by atoms with Crippen LogP contribution in [-0.4, -0.2) is 5.04 Å². The summed E-state index contributed by atoms with van der Waals surface area (Å²) in [6.07, 6.45) is 1.74. The van der Waals surface area contributed by atoms with Crippen LogP contribution in [-0.2, 0) is 10.7 Å². The standard InChI is InChI=1S/C12H14N2S/c1-9(2)10-5-3-4-6-11(10)12-14-7-8-15(12)13/h3-9,13H,1-2H3. The van der Waals surface area contributed by atoms with Gasteiger partial charge in [-0.1, -0.05) is 38.1 Å². The number of nitrogens with zero attached hydrogens (tertiary/aromatic N) is 1. The van der Waals surface area contributed by atoms with Gasteiger partial charge in [0.1, 0.15) is 5.04 Å². The summed E-state index contributed by atoms with van der Waals surface area (Å²) in [5.74, 6) is 0.474. The quantitative estimate of drug-likeness (QED) is 0.789. The SMILES string of the molecule is CC(C)c1ccccc1C1=NC=CS1=N. The van der Waals surface area contributed by atoms with E-state index in [1.165, 1.54) is 5.56 Å². The van der Waals surface area contributed by atoms with Crippen molar-refractivity contribution < 1.29 is 0 Å². The maximum Gasteiger partial charge on any atom is 0.118 e. The average molecular weight is 218 g/mol. The first kappa shape index (κ1) is 10.3. The van der Waals surface area contributed by atoms with Crippen molar-refractivity contribution in [2.75, 3.05) is 0 Å². The Labute approximate surface area is 92.6 Å². The van der Waals surface area contributed by atoms with Crippen molar-refractivity contribution in [2.24, 2.45) is 4.99 Å². The summed E-state index contributed by atoms with van der Waals surface area (Å²) < 4.78 is 7.87. The van der Waals surface area contributed by atoms with Gasteiger partial charge < -0.3 is 0 Å². The zero-order valence-electron chi connectivity index (χ0n) is 8.90. The molecule has 0 saturated heterocycles. The van der Waals surface area contributed by atoms with Gasteiger partial charge in [0, 0.05) is 17.2 Å². The molecule has 0 bridgehead atoms. The molecule has 0 radical (unpaired) electrons. The topological polar surface area (TPSA) is 36.2 Å². The van der Waals surface area contributed by atoms with Gasteiger partial charge in [0.05, 0.1) is 0 Å². The minimum atomic E-state index is -0.569. The number of aliphatic imine (C=N–C) groups is 1. The van der Waals surface area contributed by atoms with Gasteiger partial charge in [0.25, 0.3) is 0 Å². The summed E-state index contributed by atoms with van der Waals surface area (Å²) in [5, 5.41) is 2.74. The largest absolute Gasteiger partial charge is 0.270 e. The highest BCUT2D eigenvalue weighted by Crippen LogP contribution is 2.22. The van der Waals surface area contributed by atoms with Crippen molar-refractivity contribution in [1.82, 2.24) is 0 Å². The Hall–Kier alpha value is -1.22. The maximum absolute atomic E-state index is 7.87. The third kappa shape index (κ3) is 1.92. The van der Waals surface area contributed by atoms with Gasteiger partial charge in [-0.2, -0.15) is 0 Å². The number of benzene rings is 1. The monoisotopic (exact) mass is 218 g/mol. The molecule has 0 amide bonds. The van der Waals surface area contributed by atoms with Crippen molar-refractivity contribution in [3.05, 3.63) is 47.0 Å². The van der Waals surface area contributed by atoms with Gasteiger partial charge in [-0.25, -0.2) is 4.99 Å². The van der Waals surface area contributed by atoms with Crippen molar-refractivity contribution in [2.45, 2.75) is 19.8 Å². The highest BCUT2D eigenvalue weighted by atomic mass is 32.2. The van der Waals surface area contributed by atoms with E-state index in [1.807, 2.05) is 17.5 Å². The molecule has 1 aliphatic heterocycles. The Morgan fingerprint density at radius 3 is 2.60 bits per heavy atom. The van der Waals surface area contributed by atoms with E-state index >= 15 is 0 Å². The summed E-state index contributed by atoms with van der Waals surface area (Å²) in [4.78, 5) is 4.29. The molecule has 2 nitrogen and oxygen atoms in total. The van der Waals surface area contributed by atoms with Crippen LogP contribution in [0.3, 0.4) is 0 Å². The third-order valence-electron chi connectivity index (χ3n) is 2.41. The summed E-state index contributed by atoms with van der Waals surface area (Å²) in [6.45, 7) is 4.34. The Kier molecular flexibility index (Phi) is 2.82. The van der Waals surface area contributed by atoms with E-state index in [4.69, 9.17) is 4.78 Å². The predicted molar refractivity (Wildman–Crippen MR) is 66.3 cm³/mol. The van der Waals surface area contributed by atoms with Crippen LogP contribution in [0.15, 0.2) is 40.9 Å². The average Bonchev–Trinajstić information content (AvgIpc) is 2.64. The van der Waals surface area contributed by atoms with E-state index in [-0.39, 0.29) is 0 Å². The fourth-order valence-corrected chi connectivity index (χ4v) is 2.57. The number of hydrogen-bond acceptors (Lipinski definition) is 2. The van der Waals surface area contributed by atoms with Crippen LogP contribution in [0, 0.1) is 4.78 Å². The van der Waals surface area contributed by atoms with Gasteiger partial charge in [0.15, 0.2) is 0 Å². The molecule has 3 heteroatoms. The van der Waals surface area contributed by atoms with Gasteiger partial charge >= 0.3 is 0 Å². The van der Waals surface area contributed by atoms with E-state index in [9.17, 15) is 0 Å². The minimum Gasteiger partial charge on any atom is -0.270 e. The first-order valence-corrected chi connectivity index (χ1v) is 6.27. The van der Waals surface area contributed by atoms with Crippen LogP contribution in [0.2, 0.25) is 0 Å². The third-order valence-corrected chi connectivity index (χ3v) is 3.55. The smallest absolute Gasteiger partial charge is 0.118 e. The maximum atomic E-state index is 7.87. The van der Waals surface area contributed by atoms with E-state index in [0.29, 0.717) is 5.92 Å². The summed E-state index contributed by atoms with van der Waals surface area (Å²) in [5.41, 5.74) is 2.42. The van der Waals surface area contributed by atoms with Crippen LogP contribution >= 0.6 is 0 Å². The molecule has 1 aromatic carbocycles. The second-order valence-electron chi connectivity index (χ2n) is 3.80. The molecule has 15 heavy (non-hydrogen) atoms. The first-order valence-electron chi connectivity index (χ1n) is 4.98. The molecule has 0 fully saturated rings. The zero-order valence-corrected chi connectivity index (χ0v) is 9.71. The van der Waals surface area contributed by atoms with Crippen LogP contribution in [0.5, 0.6) is 0 Å². The summed E-state index contributed by atoms with van der Waals surface area (Å²) >= 11 is 0. The number of nitrogens with one attached hydrogen (secondary N) is 1. The van der Waals surface area contributed by atoms with Gasteiger partial charge in [0.2, 0.25) is 0 Å². The Bertz CT molecular complexity index is 458. The summed E-state index contributed by atoms with van der Waals surface area (Å²) in [6, 6.07) is 8.25. The van der Waals surface area contributed by atoms with Gasteiger partial charge in [-0.15, -0.1) is 0 Å². The zero-order chi connectivity index (χ0) is 10.8. The molecule has 0 aromatic heterocycles. The lowest BCUT2D eigenvalue weighted by atomic mass is 9.98. The molecule has 1 atom stereocenters. The lowest BCUT2D eigenvalue weighted by molar-refractivity contribution is 0.864. The molecule has 78 valence electrons. The lowest BCUT2D eigenvalue weighted by Crippen LogP contribution is -2.07. The van der Waals surface area contributed by atoms with Gasteiger partial charge in [-0.05, 0) is 22.2 Å². The molecule has 1 unspecified atom stereocenters. The van der Waals surface area contributed by atoms with Crippen LogP contribution < -0.4 is 0 Å². The normalized spacial score (nSPS) is 19.7. The molecule has 1 aromatic rings. The molecule has 1 heterocycles. The minimum absolute atomic E-state index is 0.474. The highest BCUT2D eigenvalue weighted by molar-refractivity contribution is 8.04. The van der Waals surface area contributed by atoms with Crippen LogP contribution in [0.25, 0.3) is 0 Å². The second kappa shape index (κ2) is 4.11. The van der Waals surface area contributed by atoms with E-state index < -0.39 is 10.7 Å². The lowest BCUT2D eigenvalue weighted by Gasteiger charge is -2.12. The van der Waals surface area contributed by atoms with E-state index in [2.05, 4.69) is 31.0 Å². The first-order chi connectivity index (χ1) is 7.20. The predicted octanol–water partition coefficient (Wildman–Crippen LogP) is 3.42. The Morgan fingerprint density at radius 2 is 2.00 bits per heavy atom. The number of rotatable bonds is 2. The van der Waals surface area contributed by atoms with Crippen molar-refractivity contribution >= 4 is 15.7 Å². The van der Waals surface area contributed by atoms with Crippen molar-refractivity contribution in [1.29, 1.82) is 4.78 Å². The fourth-order valence-electron chi connectivity index (χ4n) is 1.66. The van der Waals surface area contributed by atoms with Crippen molar-refractivity contribution in [3.63, 3.8) is 0 Å². The summed E-state index contributed by atoms with van der Waals surface area (Å²) in [7, 11) is -0.569. The molecule has 1 N–H and O–H groups in total. The molecule has 1 aliphatic rings. The molecular weight excluding hydrogens is 204 g/mol. The van der Waals surface area contributed by atoms with Crippen LogP contribution in [0.1, 0.15) is 30.9 Å². The Morgan fingerprint density at radius 1 is 1.27 bits per heavy atom. The number of hydrogen-bond donors (Lipinski definition) is 1. The van der Waals surface area contributed by atoms with Gasteiger partial charge in [-0.3, -0.25) is 4.78 Å². The molecule has 0 spiro atoms. The van der Waals surface area contributed by atoms with E-state index in [1.54, 1.807) is 6.20 Å². The molecular formula is C12H14N2S. The molecule has 0 saturated carbocycles. The van der Waals surface area contributed by atoms with Crippen molar-refractivity contribution in [3.8, 4) is 0 Å². The second-order valence-corrected chi connectivity index (χ2v) is 5.13. The van der Waals surface area contributed by atoms with E-state index in [0.717, 1.165) is 10.6 Å². The molecule has 0 aliphatic carbocycles. The van der Waals surface area contributed by atoms with Crippen LogP contribution in [0.4, 0.5) is 0 Å².